The topological polar surface area (TPSA) is 86.8 Å². The third-order valence-electron chi connectivity index (χ3n) is 7.22. The summed E-state index contributed by atoms with van der Waals surface area (Å²) in [6.45, 7) is 3.38. The summed E-state index contributed by atoms with van der Waals surface area (Å²) >= 11 is 19.6. The van der Waals surface area contributed by atoms with Crippen LogP contribution in [0.2, 0.25) is 15.1 Å². The molecular weight excluding hydrogens is 653 g/mol. The zero-order chi connectivity index (χ0) is 32.6. The number of aryl methyl sites for hydroxylation is 1. The number of hydrogen-bond donors (Lipinski definition) is 1. The van der Waals surface area contributed by atoms with Crippen LogP contribution in [-0.4, -0.2) is 44.3 Å². The van der Waals surface area contributed by atoms with Gasteiger partial charge in [0.2, 0.25) is 11.8 Å². The van der Waals surface area contributed by atoms with Crippen molar-refractivity contribution in [2.75, 3.05) is 17.4 Å². The van der Waals surface area contributed by atoms with Crippen LogP contribution in [0.1, 0.15) is 30.0 Å². The standard InChI is InChI=1S/C34H34Cl3N3O4S/c1-3-20-38-34(42)32(21-25-10-5-4-6-11-25)39(22-27-28(35)13-9-14-29(27)36)33(41)23-40(31-15-8-7-12-30(31)37)45(43,44)26-18-16-24(2)17-19-26/h4-19,32H,3,20-23H2,1-2H3,(H,38,42)/t32-/m0/s1. The van der Waals surface area contributed by atoms with E-state index in [0.29, 0.717) is 28.6 Å². The highest BCUT2D eigenvalue weighted by atomic mass is 35.5. The molecule has 0 bridgehead atoms. The quantitative estimate of drug-likeness (QED) is 0.160. The lowest BCUT2D eigenvalue weighted by atomic mass is 10.0. The molecule has 1 N–H and O–H groups in total. The van der Waals surface area contributed by atoms with E-state index >= 15 is 0 Å². The summed E-state index contributed by atoms with van der Waals surface area (Å²) in [5.74, 6) is -1.03. The van der Waals surface area contributed by atoms with Gasteiger partial charge >= 0.3 is 0 Å². The summed E-state index contributed by atoms with van der Waals surface area (Å²) in [6.07, 6.45) is 0.851. The van der Waals surface area contributed by atoms with E-state index in [1.54, 1.807) is 48.5 Å². The number of halogens is 3. The zero-order valence-electron chi connectivity index (χ0n) is 24.9. The van der Waals surface area contributed by atoms with Gasteiger partial charge in [-0.15, -0.1) is 0 Å². The number of amides is 2. The van der Waals surface area contributed by atoms with E-state index in [1.807, 2.05) is 44.2 Å². The van der Waals surface area contributed by atoms with E-state index in [-0.39, 0.29) is 34.5 Å². The number of rotatable bonds is 13. The van der Waals surface area contributed by atoms with Crippen LogP contribution < -0.4 is 9.62 Å². The van der Waals surface area contributed by atoms with Gasteiger partial charge in [-0.25, -0.2) is 8.42 Å². The van der Waals surface area contributed by atoms with Gasteiger partial charge in [-0.05, 0) is 55.3 Å². The third kappa shape index (κ3) is 8.58. The molecule has 0 unspecified atom stereocenters. The Morgan fingerprint density at radius 1 is 0.800 bits per heavy atom. The predicted octanol–water partition coefficient (Wildman–Crippen LogP) is 7.32. The fourth-order valence-electron chi connectivity index (χ4n) is 4.78. The molecule has 0 aliphatic heterocycles. The van der Waals surface area contributed by atoms with Crippen molar-refractivity contribution in [1.29, 1.82) is 0 Å². The maximum Gasteiger partial charge on any atom is 0.264 e. The van der Waals surface area contributed by atoms with Crippen LogP contribution in [0.15, 0.2) is 102 Å². The molecule has 1 atom stereocenters. The molecular formula is C34H34Cl3N3O4S. The Morgan fingerprint density at radius 2 is 1.40 bits per heavy atom. The molecule has 4 aromatic carbocycles. The molecule has 0 aromatic heterocycles. The number of carbonyl (C=O) groups is 2. The van der Waals surface area contributed by atoms with Crippen molar-refractivity contribution in [2.45, 2.75) is 44.2 Å². The minimum atomic E-state index is -4.28. The molecule has 45 heavy (non-hydrogen) atoms. The van der Waals surface area contributed by atoms with Gasteiger partial charge < -0.3 is 10.2 Å². The van der Waals surface area contributed by atoms with Gasteiger partial charge in [0.1, 0.15) is 12.6 Å². The average Bonchev–Trinajstić information content (AvgIpc) is 3.02. The molecule has 0 fully saturated rings. The van der Waals surface area contributed by atoms with Gasteiger partial charge in [0.15, 0.2) is 0 Å². The van der Waals surface area contributed by atoms with Gasteiger partial charge in [-0.1, -0.05) is 108 Å². The van der Waals surface area contributed by atoms with E-state index < -0.39 is 28.5 Å². The Morgan fingerprint density at radius 3 is 2.02 bits per heavy atom. The van der Waals surface area contributed by atoms with Gasteiger partial charge in [0.25, 0.3) is 10.0 Å². The monoisotopic (exact) mass is 685 g/mol. The summed E-state index contributed by atoms with van der Waals surface area (Å²) in [5, 5.41) is 3.67. The fraction of sp³-hybridized carbons (Fsp3) is 0.235. The second-order valence-electron chi connectivity index (χ2n) is 10.5. The zero-order valence-corrected chi connectivity index (χ0v) is 28.0. The van der Waals surface area contributed by atoms with Gasteiger partial charge in [0, 0.05) is 35.1 Å². The first-order valence-corrected chi connectivity index (χ1v) is 17.0. The molecule has 4 rings (SSSR count). The predicted molar refractivity (Wildman–Crippen MR) is 181 cm³/mol. The molecule has 0 saturated carbocycles. The van der Waals surface area contributed by atoms with Crippen LogP contribution in [0.5, 0.6) is 0 Å². The van der Waals surface area contributed by atoms with E-state index in [0.717, 1.165) is 15.4 Å². The molecule has 0 spiro atoms. The summed E-state index contributed by atoms with van der Waals surface area (Å²) in [4.78, 5) is 29.6. The molecule has 2 amide bonds. The number of nitrogens with zero attached hydrogens (tertiary/aromatic N) is 2. The van der Waals surface area contributed by atoms with Crippen molar-refractivity contribution in [3.63, 3.8) is 0 Å². The smallest absolute Gasteiger partial charge is 0.264 e. The summed E-state index contributed by atoms with van der Waals surface area (Å²) in [6, 6.07) is 26.0. The van der Waals surface area contributed by atoms with Crippen molar-refractivity contribution < 1.29 is 18.0 Å². The van der Waals surface area contributed by atoms with Crippen LogP contribution in [0.25, 0.3) is 0 Å². The van der Waals surface area contributed by atoms with Crippen LogP contribution >= 0.6 is 34.8 Å². The normalized spacial score (nSPS) is 11.9. The van der Waals surface area contributed by atoms with E-state index in [4.69, 9.17) is 34.8 Å². The number of para-hydroxylation sites is 1. The van der Waals surface area contributed by atoms with Gasteiger partial charge in [-0.3, -0.25) is 13.9 Å². The van der Waals surface area contributed by atoms with Crippen molar-refractivity contribution in [2.24, 2.45) is 0 Å². The van der Waals surface area contributed by atoms with Crippen molar-refractivity contribution >= 4 is 62.3 Å². The molecule has 236 valence electrons. The lowest BCUT2D eigenvalue weighted by molar-refractivity contribution is -0.140. The van der Waals surface area contributed by atoms with Crippen molar-refractivity contribution in [1.82, 2.24) is 10.2 Å². The highest BCUT2D eigenvalue weighted by molar-refractivity contribution is 7.92. The largest absolute Gasteiger partial charge is 0.354 e. The summed E-state index contributed by atoms with van der Waals surface area (Å²) < 4.78 is 29.2. The van der Waals surface area contributed by atoms with E-state index in [1.165, 1.54) is 23.1 Å². The second-order valence-corrected chi connectivity index (χ2v) is 13.6. The molecule has 0 heterocycles. The van der Waals surface area contributed by atoms with Crippen LogP contribution in [-0.2, 0) is 32.6 Å². The van der Waals surface area contributed by atoms with Gasteiger partial charge in [0.05, 0.1) is 15.6 Å². The highest BCUT2D eigenvalue weighted by Gasteiger charge is 2.35. The van der Waals surface area contributed by atoms with Crippen molar-refractivity contribution in [3.05, 3.63) is 129 Å². The van der Waals surface area contributed by atoms with Crippen LogP contribution in [0.3, 0.4) is 0 Å². The number of hydrogen-bond acceptors (Lipinski definition) is 4. The van der Waals surface area contributed by atoms with Crippen molar-refractivity contribution in [3.8, 4) is 0 Å². The minimum absolute atomic E-state index is 0.0111. The number of benzene rings is 4. The molecule has 4 aromatic rings. The first-order valence-electron chi connectivity index (χ1n) is 14.4. The molecule has 0 aliphatic rings. The Hall–Kier alpha value is -3.56. The fourth-order valence-corrected chi connectivity index (χ4v) is 7.02. The summed E-state index contributed by atoms with van der Waals surface area (Å²) in [5.41, 5.74) is 2.24. The van der Waals surface area contributed by atoms with E-state index in [9.17, 15) is 18.0 Å². The maximum absolute atomic E-state index is 14.5. The first-order chi connectivity index (χ1) is 21.5. The molecule has 0 saturated heterocycles. The number of anilines is 1. The first kappa shape index (κ1) is 34.3. The summed E-state index contributed by atoms with van der Waals surface area (Å²) in [7, 11) is -4.28. The maximum atomic E-state index is 14.5. The Balaban J connectivity index is 1.84. The Labute approximate surface area is 279 Å². The Bertz CT molecular complexity index is 1720. The Kier molecular flexibility index (Phi) is 11.9. The molecule has 0 radical (unpaired) electrons. The average molecular weight is 687 g/mol. The number of carbonyl (C=O) groups excluding carboxylic acids is 2. The van der Waals surface area contributed by atoms with E-state index in [2.05, 4.69) is 5.32 Å². The third-order valence-corrected chi connectivity index (χ3v) is 10.0. The number of nitrogens with one attached hydrogen (secondary N) is 1. The lowest BCUT2D eigenvalue weighted by Gasteiger charge is -2.34. The highest BCUT2D eigenvalue weighted by Crippen LogP contribution is 2.32. The van der Waals surface area contributed by atoms with Crippen LogP contribution in [0, 0.1) is 6.92 Å². The van der Waals surface area contributed by atoms with Gasteiger partial charge in [-0.2, -0.15) is 0 Å². The molecule has 7 nitrogen and oxygen atoms in total. The van der Waals surface area contributed by atoms with Crippen LogP contribution in [0.4, 0.5) is 5.69 Å². The SMILES string of the molecule is CCCNC(=O)[C@H](Cc1ccccc1)N(Cc1c(Cl)cccc1Cl)C(=O)CN(c1ccccc1Cl)S(=O)(=O)c1ccc(C)cc1. The second kappa shape index (κ2) is 15.6. The number of sulfonamides is 1. The minimum Gasteiger partial charge on any atom is -0.354 e. The lowest BCUT2D eigenvalue weighted by Crippen LogP contribution is -2.53. The molecule has 11 heteroatoms. The molecule has 0 aliphatic carbocycles.